The second-order valence-electron chi connectivity index (χ2n) is 4.92. The van der Waals surface area contributed by atoms with E-state index < -0.39 is 0 Å². The lowest BCUT2D eigenvalue weighted by Crippen LogP contribution is -1.97. The minimum absolute atomic E-state index is 0.794. The van der Waals surface area contributed by atoms with E-state index in [1.807, 2.05) is 30.3 Å². The lowest BCUT2D eigenvalue weighted by Gasteiger charge is -2.06. The van der Waals surface area contributed by atoms with E-state index in [1.165, 1.54) is 18.4 Å². The Labute approximate surface area is 121 Å². The number of rotatable bonds is 8. The van der Waals surface area contributed by atoms with Crippen molar-refractivity contribution in [2.45, 2.75) is 25.7 Å². The van der Waals surface area contributed by atoms with Gasteiger partial charge in [-0.2, -0.15) is 0 Å². The maximum atomic E-state index is 5.72. The lowest BCUT2D eigenvalue weighted by molar-refractivity contribution is 0.305. The number of unbranched alkanes of at least 4 members (excludes halogenated alkanes) is 2. The van der Waals surface area contributed by atoms with E-state index in [2.05, 4.69) is 36.9 Å². The standard InChI is InChI=1S/C19H22O/c1-2-17-12-14-19(15-13-17)20-16-8-4-7-11-18-9-5-3-6-10-18/h2-3,5-6,9-10,12-15H,1,4,7-8,11,16H2. The molecule has 0 saturated heterocycles. The summed E-state index contributed by atoms with van der Waals surface area (Å²) in [7, 11) is 0. The monoisotopic (exact) mass is 266 g/mol. The Morgan fingerprint density at radius 2 is 1.60 bits per heavy atom. The number of aryl methyl sites for hydroxylation is 1. The molecule has 1 nitrogen and oxygen atoms in total. The Hall–Kier alpha value is -2.02. The first-order valence-electron chi connectivity index (χ1n) is 7.28. The normalized spacial score (nSPS) is 10.2. The van der Waals surface area contributed by atoms with E-state index in [1.54, 1.807) is 0 Å². The summed E-state index contributed by atoms with van der Waals surface area (Å²) in [4.78, 5) is 0. The van der Waals surface area contributed by atoms with Gasteiger partial charge in [0.25, 0.3) is 0 Å². The van der Waals surface area contributed by atoms with Gasteiger partial charge >= 0.3 is 0 Å². The predicted molar refractivity (Wildman–Crippen MR) is 86.0 cm³/mol. The maximum absolute atomic E-state index is 5.72. The second-order valence-corrected chi connectivity index (χ2v) is 4.92. The molecule has 0 aromatic heterocycles. The Morgan fingerprint density at radius 1 is 0.850 bits per heavy atom. The highest BCUT2D eigenvalue weighted by Crippen LogP contribution is 2.13. The Bertz CT molecular complexity index is 499. The van der Waals surface area contributed by atoms with Crippen molar-refractivity contribution in [3.05, 3.63) is 72.3 Å². The summed E-state index contributed by atoms with van der Waals surface area (Å²) in [6.45, 7) is 4.53. The third-order valence-electron chi connectivity index (χ3n) is 3.34. The summed E-state index contributed by atoms with van der Waals surface area (Å²) in [5.41, 5.74) is 2.55. The van der Waals surface area contributed by atoms with E-state index >= 15 is 0 Å². The molecule has 2 aromatic carbocycles. The first-order valence-corrected chi connectivity index (χ1v) is 7.28. The van der Waals surface area contributed by atoms with Crippen molar-refractivity contribution in [2.75, 3.05) is 6.61 Å². The Morgan fingerprint density at radius 3 is 2.30 bits per heavy atom. The van der Waals surface area contributed by atoms with Gasteiger partial charge in [-0.1, -0.05) is 55.1 Å². The van der Waals surface area contributed by atoms with Crippen molar-refractivity contribution in [1.29, 1.82) is 0 Å². The zero-order valence-electron chi connectivity index (χ0n) is 11.9. The summed E-state index contributed by atoms with van der Waals surface area (Å²) < 4.78 is 5.72. The zero-order chi connectivity index (χ0) is 14.0. The maximum Gasteiger partial charge on any atom is 0.119 e. The highest BCUT2D eigenvalue weighted by atomic mass is 16.5. The Kier molecular flexibility index (Phi) is 5.91. The van der Waals surface area contributed by atoms with E-state index in [0.29, 0.717) is 0 Å². The summed E-state index contributed by atoms with van der Waals surface area (Å²) in [6.07, 6.45) is 6.54. The van der Waals surface area contributed by atoms with Gasteiger partial charge in [-0.3, -0.25) is 0 Å². The van der Waals surface area contributed by atoms with Gasteiger partial charge in [0.15, 0.2) is 0 Å². The summed E-state index contributed by atoms with van der Waals surface area (Å²) in [5, 5.41) is 0. The van der Waals surface area contributed by atoms with E-state index in [9.17, 15) is 0 Å². The fourth-order valence-corrected chi connectivity index (χ4v) is 2.14. The van der Waals surface area contributed by atoms with Gasteiger partial charge < -0.3 is 4.74 Å². The minimum Gasteiger partial charge on any atom is -0.494 e. The highest BCUT2D eigenvalue weighted by Gasteiger charge is 1.95. The van der Waals surface area contributed by atoms with Gasteiger partial charge in [0.1, 0.15) is 5.75 Å². The molecule has 0 amide bonds. The van der Waals surface area contributed by atoms with Crippen LogP contribution in [0, 0.1) is 0 Å². The lowest BCUT2D eigenvalue weighted by atomic mass is 10.1. The van der Waals surface area contributed by atoms with Crippen molar-refractivity contribution in [1.82, 2.24) is 0 Å². The largest absolute Gasteiger partial charge is 0.494 e. The molecule has 0 aliphatic carbocycles. The predicted octanol–water partition coefficient (Wildman–Crippen LogP) is 5.12. The smallest absolute Gasteiger partial charge is 0.119 e. The van der Waals surface area contributed by atoms with Crippen molar-refractivity contribution in [2.24, 2.45) is 0 Å². The Balaban J connectivity index is 1.58. The first-order chi connectivity index (χ1) is 9.88. The molecule has 2 rings (SSSR count). The van der Waals surface area contributed by atoms with Gasteiger partial charge in [0, 0.05) is 0 Å². The van der Waals surface area contributed by atoms with Gasteiger partial charge in [0.05, 0.1) is 6.61 Å². The van der Waals surface area contributed by atoms with Crippen LogP contribution < -0.4 is 4.74 Å². The SMILES string of the molecule is C=Cc1ccc(OCCCCCc2ccccc2)cc1. The van der Waals surface area contributed by atoms with Gasteiger partial charge in [-0.25, -0.2) is 0 Å². The third kappa shape index (κ3) is 4.93. The van der Waals surface area contributed by atoms with Crippen molar-refractivity contribution in [3.63, 3.8) is 0 Å². The molecule has 1 heteroatoms. The van der Waals surface area contributed by atoms with Crippen LogP contribution in [0.25, 0.3) is 6.08 Å². The molecule has 0 fully saturated rings. The quantitative estimate of drug-likeness (QED) is 0.602. The van der Waals surface area contributed by atoms with Crippen LogP contribution in [0.3, 0.4) is 0 Å². The van der Waals surface area contributed by atoms with Crippen molar-refractivity contribution in [3.8, 4) is 5.75 Å². The zero-order valence-corrected chi connectivity index (χ0v) is 11.9. The fourth-order valence-electron chi connectivity index (χ4n) is 2.14. The molecular formula is C19H22O. The highest BCUT2D eigenvalue weighted by molar-refractivity contribution is 5.48. The molecule has 0 spiro atoms. The van der Waals surface area contributed by atoms with Crippen LogP contribution in [0.2, 0.25) is 0 Å². The minimum atomic E-state index is 0.794. The van der Waals surface area contributed by atoms with Crippen molar-refractivity contribution >= 4 is 6.08 Å². The van der Waals surface area contributed by atoms with E-state index in [-0.39, 0.29) is 0 Å². The number of hydrogen-bond donors (Lipinski definition) is 0. The van der Waals surface area contributed by atoms with Crippen LogP contribution >= 0.6 is 0 Å². The first kappa shape index (κ1) is 14.4. The number of benzene rings is 2. The molecule has 0 aliphatic heterocycles. The average molecular weight is 266 g/mol. The van der Waals surface area contributed by atoms with Gasteiger partial charge in [-0.15, -0.1) is 0 Å². The molecule has 104 valence electrons. The molecule has 20 heavy (non-hydrogen) atoms. The average Bonchev–Trinajstić information content (AvgIpc) is 2.52. The molecule has 0 unspecified atom stereocenters. The number of hydrogen-bond acceptors (Lipinski definition) is 1. The topological polar surface area (TPSA) is 9.23 Å². The van der Waals surface area contributed by atoms with Gasteiger partial charge in [0.2, 0.25) is 0 Å². The molecule has 0 heterocycles. The summed E-state index contributed by atoms with van der Waals surface area (Å²) >= 11 is 0. The molecule has 0 bridgehead atoms. The van der Waals surface area contributed by atoms with Crippen LogP contribution in [0.5, 0.6) is 5.75 Å². The second kappa shape index (κ2) is 8.21. The summed E-state index contributed by atoms with van der Waals surface area (Å²) in [5.74, 6) is 0.943. The van der Waals surface area contributed by atoms with Crippen LogP contribution in [-0.4, -0.2) is 6.61 Å². The van der Waals surface area contributed by atoms with Crippen LogP contribution in [0.4, 0.5) is 0 Å². The van der Waals surface area contributed by atoms with Crippen LogP contribution in [0.1, 0.15) is 30.4 Å². The van der Waals surface area contributed by atoms with E-state index in [0.717, 1.165) is 30.8 Å². The molecule has 0 atom stereocenters. The summed E-state index contributed by atoms with van der Waals surface area (Å²) in [6, 6.07) is 18.7. The third-order valence-corrected chi connectivity index (χ3v) is 3.34. The number of ether oxygens (including phenoxy) is 1. The van der Waals surface area contributed by atoms with E-state index in [4.69, 9.17) is 4.74 Å². The molecule has 0 saturated carbocycles. The molecule has 2 aromatic rings. The molecule has 0 N–H and O–H groups in total. The van der Waals surface area contributed by atoms with Gasteiger partial charge in [-0.05, 0) is 48.9 Å². The van der Waals surface area contributed by atoms with Crippen LogP contribution in [-0.2, 0) is 6.42 Å². The van der Waals surface area contributed by atoms with Crippen LogP contribution in [0.15, 0.2) is 61.2 Å². The van der Waals surface area contributed by atoms with Crippen molar-refractivity contribution < 1.29 is 4.74 Å². The fraction of sp³-hybridized carbons (Fsp3) is 0.263. The molecule has 0 aliphatic rings. The molecule has 0 radical (unpaired) electrons. The molecular weight excluding hydrogens is 244 g/mol.